The molecule has 3 rings (SSSR count). The summed E-state index contributed by atoms with van der Waals surface area (Å²) in [5.74, 6) is 0.913. The van der Waals surface area contributed by atoms with Crippen LogP contribution in [0.1, 0.15) is 34.1 Å². The summed E-state index contributed by atoms with van der Waals surface area (Å²) in [4.78, 5) is 32.8. The molecular weight excluding hydrogens is 308 g/mol. The quantitative estimate of drug-likeness (QED) is 0.701. The van der Waals surface area contributed by atoms with E-state index in [4.69, 9.17) is 0 Å². The summed E-state index contributed by atoms with van der Waals surface area (Å²) >= 11 is 0. The molecule has 1 atom stereocenters. The first-order valence-corrected chi connectivity index (χ1v) is 8.29. The van der Waals surface area contributed by atoms with Crippen molar-refractivity contribution in [2.45, 2.75) is 40.2 Å². The van der Waals surface area contributed by atoms with E-state index in [1.54, 1.807) is 12.1 Å². The lowest BCUT2D eigenvalue weighted by atomic mass is 9.89. The minimum absolute atomic E-state index is 0.106. The van der Waals surface area contributed by atoms with Crippen molar-refractivity contribution in [1.29, 1.82) is 0 Å². The molecule has 0 aliphatic carbocycles. The highest BCUT2D eigenvalue weighted by Gasteiger charge is 2.54. The van der Waals surface area contributed by atoms with Gasteiger partial charge in [-0.2, -0.15) is 0 Å². The van der Waals surface area contributed by atoms with E-state index in [1.807, 2.05) is 18.5 Å². The minimum atomic E-state index is -0.551. The van der Waals surface area contributed by atoms with Crippen molar-refractivity contribution in [2.75, 3.05) is 27.2 Å². The molecular formula is C16H25N6O2+. The molecule has 8 heteroatoms. The van der Waals surface area contributed by atoms with E-state index in [9.17, 15) is 9.59 Å². The normalized spacial score (nSPS) is 24.2. The third-order valence-electron chi connectivity index (χ3n) is 4.58. The number of carbonyl (C=O) groups excluding carboxylic acids is 2. The van der Waals surface area contributed by atoms with Crippen LogP contribution in [-0.4, -0.2) is 82.1 Å². The third kappa shape index (κ3) is 2.32. The zero-order valence-electron chi connectivity index (χ0n) is 15.2. The molecule has 0 aromatic heterocycles. The SMILES string of the molecule is CCCN1C(=O)C2C(=NC3=[N+]2CC(C(C)(C)C)=NN3C)N(C)C1=O. The van der Waals surface area contributed by atoms with Gasteiger partial charge in [-0.3, -0.25) is 14.6 Å². The molecule has 0 bridgehead atoms. The largest absolute Gasteiger partial charge is 0.416 e. The van der Waals surface area contributed by atoms with Crippen LogP contribution in [0.4, 0.5) is 4.79 Å². The van der Waals surface area contributed by atoms with Crippen molar-refractivity contribution < 1.29 is 14.2 Å². The Morgan fingerprint density at radius 2 is 1.92 bits per heavy atom. The second-order valence-electron chi connectivity index (χ2n) is 7.45. The van der Waals surface area contributed by atoms with E-state index in [1.165, 1.54) is 9.80 Å². The van der Waals surface area contributed by atoms with Crippen LogP contribution in [0.2, 0.25) is 0 Å². The number of aliphatic imine (C=N–C) groups is 1. The van der Waals surface area contributed by atoms with Gasteiger partial charge in [0.1, 0.15) is 6.54 Å². The highest BCUT2D eigenvalue weighted by molar-refractivity contribution is 6.23. The van der Waals surface area contributed by atoms with Gasteiger partial charge in [-0.1, -0.05) is 32.7 Å². The van der Waals surface area contributed by atoms with Gasteiger partial charge in [-0.05, 0) is 6.42 Å². The fourth-order valence-corrected chi connectivity index (χ4v) is 3.16. The first kappa shape index (κ1) is 16.6. The number of hydrogen-bond donors (Lipinski definition) is 0. The minimum Gasteiger partial charge on any atom is -0.270 e. The zero-order valence-corrected chi connectivity index (χ0v) is 15.2. The molecule has 3 amide bonds. The molecule has 0 spiro atoms. The molecule has 0 radical (unpaired) electrons. The number of amidine groups is 1. The maximum Gasteiger partial charge on any atom is 0.416 e. The van der Waals surface area contributed by atoms with E-state index >= 15 is 0 Å². The number of amides is 3. The number of nitrogens with zero attached hydrogens (tertiary/aromatic N) is 6. The maximum absolute atomic E-state index is 13.0. The number of guanidine groups is 1. The number of urea groups is 1. The van der Waals surface area contributed by atoms with E-state index in [0.29, 0.717) is 24.9 Å². The van der Waals surface area contributed by atoms with Crippen molar-refractivity contribution in [1.82, 2.24) is 14.8 Å². The van der Waals surface area contributed by atoms with Crippen LogP contribution >= 0.6 is 0 Å². The van der Waals surface area contributed by atoms with E-state index < -0.39 is 6.04 Å². The number of imide groups is 1. The highest BCUT2D eigenvalue weighted by Crippen LogP contribution is 2.26. The third-order valence-corrected chi connectivity index (χ3v) is 4.58. The number of fused-ring (bicyclic) bond motifs is 2. The molecule has 0 aromatic rings. The van der Waals surface area contributed by atoms with Gasteiger partial charge in [0, 0.05) is 19.0 Å². The van der Waals surface area contributed by atoms with Gasteiger partial charge in [0.15, 0.2) is 0 Å². The topological polar surface area (TPSA) is 71.6 Å². The first-order chi connectivity index (χ1) is 11.2. The Morgan fingerprint density at radius 3 is 2.50 bits per heavy atom. The molecule has 24 heavy (non-hydrogen) atoms. The van der Waals surface area contributed by atoms with Gasteiger partial charge < -0.3 is 0 Å². The number of likely N-dealkylation sites (N-methyl/N-ethyl adjacent to an activating group) is 1. The molecule has 0 aromatic carbocycles. The molecule has 1 fully saturated rings. The molecule has 3 aliphatic heterocycles. The molecule has 0 N–H and O–H groups in total. The van der Waals surface area contributed by atoms with Gasteiger partial charge in [0.05, 0.1) is 12.8 Å². The summed E-state index contributed by atoms with van der Waals surface area (Å²) in [5.41, 5.74) is 0.880. The van der Waals surface area contributed by atoms with E-state index in [0.717, 1.165) is 12.1 Å². The van der Waals surface area contributed by atoms with Crippen LogP contribution in [-0.2, 0) is 4.79 Å². The molecule has 0 saturated carbocycles. The van der Waals surface area contributed by atoms with Crippen molar-refractivity contribution in [2.24, 2.45) is 15.5 Å². The average Bonchev–Trinajstić information content (AvgIpc) is 2.89. The maximum atomic E-state index is 13.0. The summed E-state index contributed by atoms with van der Waals surface area (Å²) in [6.45, 7) is 9.22. The monoisotopic (exact) mass is 333 g/mol. The van der Waals surface area contributed by atoms with Crippen LogP contribution in [0, 0.1) is 5.41 Å². The smallest absolute Gasteiger partial charge is 0.270 e. The molecule has 1 saturated heterocycles. The Kier molecular flexibility index (Phi) is 3.73. The highest BCUT2D eigenvalue weighted by atomic mass is 16.2. The van der Waals surface area contributed by atoms with Crippen LogP contribution in [0.3, 0.4) is 0 Å². The van der Waals surface area contributed by atoms with Gasteiger partial charge in [-0.25, -0.2) is 9.37 Å². The van der Waals surface area contributed by atoms with Gasteiger partial charge in [0.2, 0.25) is 11.9 Å². The van der Waals surface area contributed by atoms with Crippen molar-refractivity contribution in [3.63, 3.8) is 0 Å². The lowest BCUT2D eigenvalue weighted by Gasteiger charge is -2.35. The van der Waals surface area contributed by atoms with Crippen LogP contribution in [0.25, 0.3) is 0 Å². The predicted octanol–water partition coefficient (Wildman–Crippen LogP) is 0.787. The second-order valence-corrected chi connectivity index (χ2v) is 7.45. The Bertz CT molecular complexity index is 700. The predicted molar refractivity (Wildman–Crippen MR) is 91.2 cm³/mol. The fraction of sp³-hybridized carbons (Fsp3) is 0.688. The molecule has 3 heterocycles. The van der Waals surface area contributed by atoms with E-state index in [2.05, 4.69) is 30.9 Å². The summed E-state index contributed by atoms with van der Waals surface area (Å²) in [6.07, 6.45) is 0.732. The van der Waals surface area contributed by atoms with Gasteiger partial charge >= 0.3 is 12.0 Å². The Morgan fingerprint density at radius 1 is 1.25 bits per heavy atom. The van der Waals surface area contributed by atoms with Crippen molar-refractivity contribution >= 4 is 29.4 Å². The number of carbonyl (C=O) groups is 2. The van der Waals surface area contributed by atoms with Crippen molar-refractivity contribution in [3.05, 3.63) is 0 Å². The molecule has 3 aliphatic rings. The lowest BCUT2D eigenvalue weighted by Crippen LogP contribution is -2.63. The average molecular weight is 333 g/mol. The number of rotatable bonds is 2. The van der Waals surface area contributed by atoms with Crippen LogP contribution < -0.4 is 0 Å². The number of hydrazone groups is 1. The van der Waals surface area contributed by atoms with Crippen LogP contribution in [0.5, 0.6) is 0 Å². The van der Waals surface area contributed by atoms with Gasteiger partial charge in [0.25, 0.3) is 5.91 Å². The molecule has 8 nitrogen and oxygen atoms in total. The number of hydrogen-bond acceptors (Lipinski definition) is 5. The zero-order chi connectivity index (χ0) is 17.8. The Balaban J connectivity index is 2.00. The van der Waals surface area contributed by atoms with Crippen LogP contribution in [0.15, 0.2) is 10.1 Å². The van der Waals surface area contributed by atoms with Gasteiger partial charge in [-0.15, -0.1) is 10.1 Å². The summed E-state index contributed by atoms with van der Waals surface area (Å²) < 4.78 is 1.96. The standard InChI is InChI=1S/C16H25N6O2/c1-7-8-21-13(23)11-12(19(5)15(21)24)17-14-20(6)18-10(9-22(11)14)16(2,3)4/h11H,7-9H2,1-6H3/q+1. The Labute approximate surface area is 142 Å². The first-order valence-electron chi connectivity index (χ1n) is 8.29. The molecule has 1 unspecified atom stereocenters. The van der Waals surface area contributed by atoms with E-state index in [-0.39, 0.29) is 17.4 Å². The second kappa shape index (κ2) is 5.39. The summed E-state index contributed by atoms with van der Waals surface area (Å²) in [6, 6.07) is -0.860. The summed E-state index contributed by atoms with van der Waals surface area (Å²) in [5, 5.41) is 6.31. The lowest BCUT2D eigenvalue weighted by molar-refractivity contribution is -0.528. The van der Waals surface area contributed by atoms with Crippen molar-refractivity contribution in [3.8, 4) is 0 Å². The molecule has 130 valence electrons. The fourth-order valence-electron chi connectivity index (χ4n) is 3.16. The Hall–Kier alpha value is -2.25. The summed E-state index contributed by atoms with van der Waals surface area (Å²) in [7, 11) is 3.50.